The number of nitrogens with zero attached hydrogens (tertiary/aromatic N) is 1. The number of rotatable bonds is 3. The molecule has 0 radical (unpaired) electrons. The van der Waals surface area contributed by atoms with Gasteiger partial charge in [-0.15, -0.1) is 0 Å². The first-order valence-electron chi connectivity index (χ1n) is 7.39. The molecule has 2 aromatic heterocycles. The minimum absolute atomic E-state index is 0.0948. The van der Waals surface area contributed by atoms with Crippen molar-refractivity contribution in [3.63, 3.8) is 0 Å². The number of H-pyrrole nitrogens is 2. The SMILES string of the molecule is COC(=O)Nc1nc2c(Cc3ccc(C(F)(F)F)cc3)c[nH]c2c(=O)[nH]1. The van der Waals surface area contributed by atoms with Crippen LogP contribution < -0.4 is 10.9 Å². The molecule has 0 fully saturated rings. The van der Waals surface area contributed by atoms with Crippen molar-refractivity contribution in [1.82, 2.24) is 15.0 Å². The van der Waals surface area contributed by atoms with E-state index in [2.05, 4.69) is 25.0 Å². The average Bonchev–Trinajstić information content (AvgIpc) is 2.98. The average molecular weight is 366 g/mol. The largest absolute Gasteiger partial charge is 0.453 e. The van der Waals surface area contributed by atoms with E-state index in [1.807, 2.05) is 0 Å². The van der Waals surface area contributed by atoms with Crippen molar-refractivity contribution in [3.05, 3.63) is 57.5 Å². The summed E-state index contributed by atoms with van der Waals surface area (Å²) >= 11 is 0. The molecule has 0 aliphatic heterocycles. The number of fused-ring (bicyclic) bond motifs is 1. The van der Waals surface area contributed by atoms with Gasteiger partial charge in [0.1, 0.15) is 11.0 Å². The quantitative estimate of drug-likeness (QED) is 0.663. The van der Waals surface area contributed by atoms with Crippen molar-refractivity contribution in [2.75, 3.05) is 12.4 Å². The minimum Gasteiger partial charge on any atom is -0.453 e. The van der Waals surface area contributed by atoms with Crippen LogP contribution in [0.1, 0.15) is 16.7 Å². The summed E-state index contributed by atoms with van der Waals surface area (Å²) in [6.07, 6.45) is -3.39. The van der Waals surface area contributed by atoms with Crippen molar-refractivity contribution >= 4 is 23.1 Å². The number of halogens is 3. The number of anilines is 1. The molecular formula is C16H13F3N4O3. The topological polar surface area (TPSA) is 99.9 Å². The zero-order valence-electron chi connectivity index (χ0n) is 13.4. The number of hydrogen-bond donors (Lipinski definition) is 3. The number of carbonyl (C=O) groups excluding carboxylic acids is 1. The Labute approximate surface area is 144 Å². The third-order valence-electron chi connectivity index (χ3n) is 3.70. The highest BCUT2D eigenvalue weighted by Crippen LogP contribution is 2.29. The third kappa shape index (κ3) is 3.53. The summed E-state index contributed by atoms with van der Waals surface area (Å²) in [7, 11) is 1.16. The van der Waals surface area contributed by atoms with Crippen LogP contribution in [0.4, 0.5) is 23.9 Å². The number of nitrogens with one attached hydrogen (secondary N) is 3. The Bertz CT molecular complexity index is 1010. The molecule has 0 saturated carbocycles. The van der Waals surface area contributed by atoms with E-state index in [0.29, 0.717) is 16.6 Å². The summed E-state index contributed by atoms with van der Waals surface area (Å²) in [6.45, 7) is 0. The van der Waals surface area contributed by atoms with Crippen molar-refractivity contribution in [1.29, 1.82) is 0 Å². The first-order valence-corrected chi connectivity index (χ1v) is 7.39. The molecule has 3 aromatic rings. The fourth-order valence-corrected chi connectivity index (χ4v) is 2.44. The Kier molecular flexibility index (Phi) is 4.41. The molecule has 0 saturated heterocycles. The second-order valence-corrected chi connectivity index (χ2v) is 5.44. The van der Waals surface area contributed by atoms with E-state index < -0.39 is 23.4 Å². The van der Waals surface area contributed by atoms with Gasteiger partial charge in [-0.3, -0.25) is 15.1 Å². The molecule has 0 spiro atoms. The maximum absolute atomic E-state index is 12.6. The monoisotopic (exact) mass is 366 g/mol. The van der Waals surface area contributed by atoms with Crippen molar-refractivity contribution in [2.45, 2.75) is 12.6 Å². The molecule has 136 valence electrons. The van der Waals surface area contributed by atoms with Gasteiger partial charge in [0.25, 0.3) is 5.56 Å². The highest BCUT2D eigenvalue weighted by molar-refractivity contribution is 5.85. The number of amides is 1. The maximum atomic E-state index is 12.6. The van der Waals surface area contributed by atoms with Gasteiger partial charge in [0, 0.05) is 18.2 Å². The second kappa shape index (κ2) is 6.54. The Hall–Kier alpha value is -3.30. The number of carbonyl (C=O) groups is 1. The number of methoxy groups -OCH3 is 1. The standard InChI is InChI=1S/C16H13F3N4O3/c1-26-15(25)23-14-21-11-9(7-20-12(11)13(24)22-14)6-8-2-4-10(5-3-8)16(17,18)19/h2-5,7,20H,6H2,1H3,(H2,21,22,23,24,25). The molecule has 1 aromatic carbocycles. The van der Waals surface area contributed by atoms with Crippen LogP contribution in [0.25, 0.3) is 11.0 Å². The Morgan fingerprint density at radius 2 is 1.96 bits per heavy atom. The Morgan fingerprint density at radius 3 is 2.58 bits per heavy atom. The Balaban J connectivity index is 1.93. The third-order valence-corrected chi connectivity index (χ3v) is 3.70. The number of alkyl halides is 3. The van der Waals surface area contributed by atoms with Gasteiger partial charge in [-0.2, -0.15) is 13.2 Å². The van der Waals surface area contributed by atoms with E-state index in [0.717, 1.165) is 19.2 Å². The molecule has 0 atom stereocenters. The zero-order chi connectivity index (χ0) is 18.9. The summed E-state index contributed by atoms with van der Waals surface area (Å²) in [5, 5.41) is 2.26. The number of ether oxygens (including phenoxy) is 1. The summed E-state index contributed by atoms with van der Waals surface area (Å²) in [5.41, 5.74) is 0.476. The molecular weight excluding hydrogens is 353 g/mol. The number of aromatic nitrogens is 3. The normalized spacial score (nSPS) is 11.5. The number of hydrogen-bond acceptors (Lipinski definition) is 4. The van der Waals surface area contributed by atoms with Gasteiger partial charge in [0.2, 0.25) is 5.95 Å². The van der Waals surface area contributed by atoms with E-state index >= 15 is 0 Å². The molecule has 7 nitrogen and oxygen atoms in total. The van der Waals surface area contributed by atoms with E-state index in [-0.39, 0.29) is 17.9 Å². The lowest BCUT2D eigenvalue weighted by atomic mass is 10.0. The first kappa shape index (κ1) is 17.5. The molecule has 3 N–H and O–H groups in total. The molecule has 10 heteroatoms. The fourth-order valence-electron chi connectivity index (χ4n) is 2.44. The van der Waals surface area contributed by atoms with Crippen LogP contribution in [0.3, 0.4) is 0 Å². The molecule has 1 amide bonds. The molecule has 0 unspecified atom stereocenters. The van der Waals surface area contributed by atoms with Crippen molar-refractivity contribution < 1.29 is 22.7 Å². The molecule has 2 heterocycles. The van der Waals surface area contributed by atoms with Crippen LogP contribution in [0.5, 0.6) is 0 Å². The van der Waals surface area contributed by atoms with Gasteiger partial charge in [0.15, 0.2) is 0 Å². The smallest absolute Gasteiger partial charge is 0.416 e. The molecule has 0 aliphatic rings. The van der Waals surface area contributed by atoms with Gasteiger partial charge in [-0.25, -0.2) is 9.78 Å². The van der Waals surface area contributed by atoms with Crippen LogP contribution in [0, 0.1) is 0 Å². The molecule has 3 rings (SSSR count). The van der Waals surface area contributed by atoms with Gasteiger partial charge >= 0.3 is 12.3 Å². The van der Waals surface area contributed by atoms with E-state index in [4.69, 9.17) is 0 Å². The maximum Gasteiger partial charge on any atom is 0.416 e. The summed E-state index contributed by atoms with van der Waals surface area (Å²) in [4.78, 5) is 32.6. The lowest BCUT2D eigenvalue weighted by Crippen LogP contribution is -2.18. The van der Waals surface area contributed by atoms with Crippen LogP contribution in [0.15, 0.2) is 35.3 Å². The van der Waals surface area contributed by atoms with E-state index in [1.54, 1.807) is 6.20 Å². The molecule has 0 bridgehead atoms. The predicted molar refractivity (Wildman–Crippen MR) is 87.0 cm³/mol. The van der Waals surface area contributed by atoms with Gasteiger partial charge in [-0.1, -0.05) is 12.1 Å². The van der Waals surface area contributed by atoms with Crippen LogP contribution >= 0.6 is 0 Å². The highest BCUT2D eigenvalue weighted by atomic mass is 19.4. The van der Waals surface area contributed by atoms with Crippen molar-refractivity contribution in [2.24, 2.45) is 0 Å². The molecule has 26 heavy (non-hydrogen) atoms. The second-order valence-electron chi connectivity index (χ2n) is 5.44. The van der Waals surface area contributed by atoms with Gasteiger partial charge in [-0.05, 0) is 17.7 Å². The van der Waals surface area contributed by atoms with Crippen LogP contribution in [-0.2, 0) is 17.3 Å². The predicted octanol–water partition coefficient (Wildman–Crippen LogP) is 3.04. The van der Waals surface area contributed by atoms with Crippen LogP contribution in [-0.4, -0.2) is 28.2 Å². The van der Waals surface area contributed by atoms with Gasteiger partial charge in [0.05, 0.1) is 12.7 Å². The van der Waals surface area contributed by atoms with E-state index in [1.165, 1.54) is 12.1 Å². The first-order chi connectivity index (χ1) is 12.3. The number of benzene rings is 1. The van der Waals surface area contributed by atoms with Gasteiger partial charge < -0.3 is 9.72 Å². The molecule has 0 aliphatic carbocycles. The van der Waals surface area contributed by atoms with E-state index in [9.17, 15) is 22.8 Å². The Morgan fingerprint density at radius 1 is 1.27 bits per heavy atom. The highest BCUT2D eigenvalue weighted by Gasteiger charge is 2.29. The summed E-state index contributed by atoms with van der Waals surface area (Å²) in [6, 6.07) is 4.72. The zero-order valence-corrected chi connectivity index (χ0v) is 13.4. The lowest BCUT2D eigenvalue weighted by molar-refractivity contribution is -0.137. The summed E-state index contributed by atoms with van der Waals surface area (Å²) in [5.74, 6) is -0.0948. The lowest BCUT2D eigenvalue weighted by Gasteiger charge is -2.07. The van der Waals surface area contributed by atoms with Crippen LogP contribution in [0.2, 0.25) is 0 Å². The fraction of sp³-hybridized carbons (Fsp3) is 0.188. The number of aromatic amines is 2. The summed E-state index contributed by atoms with van der Waals surface area (Å²) < 4.78 is 42.3. The van der Waals surface area contributed by atoms with Crippen molar-refractivity contribution in [3.8, 4) is 0 Å². The minimum atomic E-state index is -4.40.